The second-order valence-electron chi connectivity index (χ2n) is 16.4. The monoisotopic (exact) mass is 672 g/mol. The zero-order valence-corrected chi connectivity index (χ0v) is 31.1. The second-order valence-corrected chi connectivity index (χ2v) is 16.4. The van der Waals surface area contributed by atoms with Crippen LogP contribution in [0.2, 0.25) is 0 Å². The van der Waals surface area contributed by atoms with Crippen LogP contribution in [-0.2, 0) is 11.8 Å². The Morgan fingerprint density at radius 1 is 0.635 bits per heavy atom. The number of hydrogen-bond acceptors (Lipinski definition) is 1. The van der Waals surface area contributed by atoms with Gasteiger partial charge in [-0.2, -0.15) is 0 Å². The third-order valence-corrected chi connectivity index (χ3v) is 12.1. The molecule has 1 aliphatic rings. The second kappa shape index (κ2) is 11.0. The van der Waals surface area contributed by atoms with Crippen molar-refractivity contribution >= 4 is 54.1 Å². The van der Waals surface area contributed by atoms with E-state index in [1.165, 1.54) is 98.9 Å². The largest absolute Gasteiger partial charge is 0.309 e. The van der Waals surface area contributed by atoms with Crippen LogP contribution in [0.1, 0.15) is 69.8 Å². The molecule has 0 N–H and O–H groups in total. The van der Waals surface area contributed by atoms with Gasteiger partial charge in [-0.05, 0) is 129 Å². The number of benzene rings is 7. The number of pyridine rings is 1. The molecule has 0 radical (unpaired) electrons. The number of hydrogen-bond donors (Lipinski definition) is 0. The van der Waals surface area contributed by atoms with E-state index in [0.29, 0.717) is 0 Å². The number of nitrogens with zero attached hydrogens (tertiary/aromatic N) is 2. The number of rotatable bonds is 5. The normalized spacial score (nSPS) is 14.0. The van der Waals surface area contributed by atoms with E-state index in [0.717, 1.165) is 25.0 Å². The van der Waals surface area contributed by atoms with Gasteiger partial charge in [0, 0.05) is 43.9 Å². The smallest absolute Gasteiger partial charge is 0.0749 e. The molecule has 0 unspecified atom stereocenters. The lowest BCUT2D eigenvalue weighted by Gasteiger charge is -2.31. The molecule has 2 aromatic heterocycles. The summed E-state index contributed by atoms with van der Waals surface area (Å²) in [6.45, 7) is 13.9. The molecule has 0 spiro atoms. The van der Waals surface area contributed by atoms with Crippen LogP contribution in [0.5, 0.6) is 0 Å². The number of aromatic nitrogens is 2. The molecule has 2 heteroatoms. The standard InChI is InChI=1S/C50H44N2/c1-7-50(8-2)42-23-19-30(3)51-47(42)41-26-33-21-22-35-45-38(36(32-15-11-9-12-16-32)27-40(44(33)45)46(41)50)28-39-37-25-31(29-49(4,5)6)20-24-43(37)52(48(35)39)34-17-13-10-14-18-34/h9-28H,7-8,29H2,1-6H3. The van der Waals surface area contributed by atoms with Crippen molar-refractivity contribution in [2.75, 3.05) is 0 Å². The summed E-state index contributed by atoms with van der Waals surface area (Å²) in [5.74, 6) is 0. The first-order valence-electron chi connectivity index (χ1n) is 19.1. The summed E-state index contributed by atoms with van der Waals surface area (Å²) in [7, 11) is 0. The maximum absolute atomic E-state index is 5.24. The lowest BCUT2D eigenvalue weighted by Crippen LogP contribution is -2.23. The van der Waals surface area contributed by atoms with Crippen LogP contribution < -0.4 is 0 Å². The Morgan fingerprint density at radius 2 is 1.38 bits per heavy atom. The van der Waals surface area contributed by atoms with Gasteiger partial charge in [0.15, 0.2) is 0 Å². The molecular weight excluding hydrogens is 629 g/mol. The Bertz CT molecular complexity index is 2860. The van der Waals surface area contributed by atoms with Crippen molar-refractivity contribution in [2.24, 2.45) is 5.41 Å². The number of para-hydroxylation sites is 1. The van der Waals surface area contributed by atoms with Crippen molar-refractivity contribution < 1.29 is 0 Å². The number of fused-ring (bicyclic) bond motifs is 8. The van der Waals surface area contributed by atoms with E-state index in [-0.39, 0.29) is 10.8 Å². The zero-order chi connectivity index (χ0) is 35.5. The Balaban J connectivity index is 1.43. The molecule has 0 bridgehead atoms. The molecule has 2 heterocycles. The summed E-state index contributed by atoms with van der Waals surface area (Å²) in [4.78, 5) is 5.24. The summed E-state index contributed by atoms with van der Waals surface area (Å²) >= 11 is 0. The molecule has 2 nitrogen and oxygen atoms in total. The van der Waals surface area contributed by atoms with E-state index in [1.54, 1.807) is 0 Å². The van der Waals surface area contributed by atoms with Gasteiger partial charge < -0.3 is 4.57 Å². The first-order chi connectivity index (χ1) is 25.2. The zero-order valence-electron chi connectivity index (χ0n) is 31.1. The molecule has 0 saturated heterocycles. The first kappa shape index (κ1) is 31.3. The maximum atomic E-state index is 5.24. The van der Waals surface area contributed by atoms with Crippen molar-refractivity contribution in [3.05, 3.63) is 144 Å². The Hall–Kier alpha value is -5.47. The van der Waals surface area contributed by atoms with Crippen molar-refractivity contribution in [3.8, 4) is 28.1 Å². The molecule has 0 atom stereocenters. The van der Waals surface area contributed by atoms with Crippen molar-refractivity contribution in [1.29, 1.82) is 0 Å². The molecule has 0 fully saturated rings. The lowest BCUT2D eigenvalue weighted by atomic mass is 9.71. The molecule has 7 aromatic carbocycles. The van der Waals surface area contributed by atoms with Gasteiger partial charge in [-0.15, -0.1) is 0 Å². The molecule has 0 amide bonds. The molecule has 0 saturated carbocycles. The average Bonchev–Trinajstić information content (AvgIpc) is 3.62. The van der Waals surface area contributed by atoms with Crippen LogP contribution in [0.15, 0.2) is 121 Å². The van der Waals surface area contributed by atoms with Crippen molar-refractivity contribution in [3.63, 3.8) is 0 Å². The first-order valence-corrected chi connectivity index (χ1v) is 19.1. The molecular formula is C50H44N2. The van der Waals surface area contributed by atoms with Crippen LogP contribution in [0.4, 0.5) is 0 Å². The van der Waals surface area contributed by atoms with Crippen molar-refractivity contribution in [1.82, 2.24) is 9.55 Å². The lowest BCUT2D eigenvalue weighted by molar-refractivity contribution is 0.411. The van der Waals surface area contributed by atoms with Crippen LogP contribution in [0.3, 0.4) is 0 Å². The van der Waals surface area contributed by atoms with Crippen LogP contribution in [-0.4, -0.2) is 9.55 Å². The number of aryl methyl sites for hydroxylation is 1. The van der Waals surface area contributed by atoms with Crippen LogP contribution >= 0.6 is 0 Å². The van der Waals surface area contributed by atoms with Gasteiger partial charge in [0.1, 0.15) is 0 Å². The maximum Gasteiger partial charge on any atom is 0.0749 e. The minimum absolute atomic E-state index is 0.0979. The third kappa shape index (κ3) is 4.27. The predicted octanol–water partition coefficient (Wildman–Crippen LogP) is 13.7. The summed E-state index contributed by atoms with van der Waals surface area (Å²) in [5, 5.41) is 10.7. The molecule has 0 aliphatic heterocycles. The molecule has 52 heavy (non-hydrogen) atoms. The fourth-order valence-electron chi connectivity index (χ4n) is 9.97. The SMILES string of the molecule is CCC1(CC)c2ccc(C)nc2-c2cc3ccc4c5c(cc6c7cc(CC(C)(C)C)ccc7n(-c7ccccc7)c64)c(-c4ccccc4)cc(c21)c35. The van der Waals surface area contributed by atoms with Gasteiger partial charge in [0.25, 0.3) is 0 Å². The van der Waals surface area contributed by atoms with Gasteiger partial charge in [0.2, 0.25) is 0 Å². The van der Waals surface area contributed by atoms with Gasteiger partial charge in [0.05, 0.1) is 16.7 Å². The van der Waals surface area contributed by atoms with E-state index < -0.39 is 0 Å². The highest BCUT2D eigenvalue weighted by molar-refractivity contribution is 6.35. The highest BCUT2D eigenvalue weighted by Gasteiger charge is 2.43. The fourth-order valence-corrected chi connectivity index (χ4v) is 9.97. The highest BCUT2D eigenvalue weighted by atomic mass is 15.0. The fraction of sp³-hybridized carbons (Fsp3) is 0.220. The predicted molar refractivity (Wildman–Crippen MR) is 222 cm³/mol. The summed E-state index contributed by atoms with van der Waals surface area (Å²) < 4.78 is 2.52. The van der Waals surface area contributed by atoms with Gasteiger partial charge in [-0.1, -0.05) is 107 Å². The highest BCUT2D eigenvalue weighted by Crippen LogP contribution is 2.57. The third-order valence-electron chi connectivity index (χ3n) is 12.1. The van der Waals surface area contributed by atoms with E-state index in [1.807, 2.05) is 0 Å². The molecule has 10 rings (SSSR count). The van der Waals surface area contributed by atoms with E-state index >= 15 is 0 Å². The Kier molecular flexibility index (Phi) is 6.63. The minimum atomic E-state index is -0.0979. The van der Waals surface area contributed by atoms with E-state index in [2.05, 4.69) is 167 Å². The Labute approximate surface area is 306 Å². The van der Waals surface area contributed by atoms with Crippen LogP contribution in [0.25, 0.3) is 82.2 Å². The molecule has 1 aliphatic carbocycles. The minimum Gasteiger partial charge on any atom is -0.309 e. The van der Waals surface area contributed by atoms with Crippen LogP contribution in [0, 0.1) is 12.3 Å². The molecule has 254 valence electrons. The summed E-state index contributed by atoms with van der Waals surface area (Å²) in [6, 6.07) is 46.1. The summed E-state index contributed by atoms with van der Waals surface area (Å²) in [5.41, 5.74) is 14.2. The van der Waals surface area contributed by atoms with Crippen molar-refractivity contribution in [2.45, 2.75) is 66.2 Å². The van der Waals surface area contributed by atoms with E-state index in [9.17, 15) is 0 Å². The average molecular weight is 673 g/mol. The Morgan fingerprint density at radius 3 is 2.12 bits per heavy atom. The van der Waals surface area contributed by atoms with Gasteiger partial charge >= 0.3 is 0 Å². The molecule has 9 aromatic rings. The van der Waals surface area contributed by atoms with Gasteiger partial charge in [-0.25, -0.2) is 0 Å². The van der Waals surface area contributed by atoms with Gasteiger partial charge in [-0.3, -0.25) is 4.98 Å². The summed E-state index contributed by atoms with van der Waals surface area (Å²) in [6.07, 6.45) is 3.09. The topological polar surface area (TPSA) is 17.8 Å². The quantitative estimate of drug-likeness (QED) is 0.166. The van der Waals surface area contributed by atoms with E-state index in [4.69, 9.17) is 4.98 Å².